The molecular formula is C25H50O8. The smallest absolute Gasteiger partial charge is 0.305 e. The van der Waals surface area contributed by atoms with Gasteiger partial charge in [-0.25, -0.2) is 0 Å². The first kappa shape index (κ1) is 32.2. The predicted molar refractivity (Wildman–Crippen MR) is 129 cm³/mol. The number of hydrogen-bond acceptors (Lipinski definition) is 8. The van der Waals surface area contributed by atoms with E-state index in [2.05, 4.69) is 6.92 Å². The normalized spacial score (nSPS) is 11.2. The molecule has 0 N–H and O–H groups in total. The molecule has 8 nitrogen and oxygen atoms in total. The summed E-state index contributed by atoms with van der Waals surface area (Å²) in [6.07, 6.45) is 11.7. The van der Waals surface area contributed by atoms with E-state index in [1.807, 2.05) is 0 Å². The molecule has 0 heterocycles. The molecule has 0 saturated heterocycles. The van der Waals surface area contributed by atoms with Crippen molar-refractivity contribution in [3.63, 3.8) is 0 Å². The first-order valence-corrected chi connectivity index (χ1v) is 12.8. The Balaban J connectivity index is 3.12. The second-order valence-electron chi connectivity index (χ2n) is 7.85. The van der Waals surface area contributed by atoms with Gasteiger partial charge >= 0.3 is 5.97 Å². The average Bonchev–Trinajstić information content (AvgIpc) is 2.82. The SMILES string of the molecule is CCCCCCCCCCCC(=O)OCCOCCOCCOCCOCCOCCOC. The fraction of sp³-hybridized carbons (Fsp3) is 0.960. The van der Waals surface area contributed by atoms with E-state index in [1.165, 1.54) is 44.9 Å². The molecule has 0 atom stereocenters. The van der Waals surface area contributed by atoms with Crippen LogP contribution in [-0.4, -0.2) is 92.4 Å². The minimum atomic E-state index is -0.127. The fourth-order valence-electron chi connectivity index (χ4n) is 2.99. The van der Waals surface area contributed by atoms with E-state index < -0.39 is 0 Å². The molecule has 0 spiro atoms. The van der Waals surface area contributed by atoms with Crippen LogP contribution in [0.4, 0.5) is 0 Å². The maximum absolute atomic E-state index is 11.7. The third-order valence-electron chi connectivity index (χ3n) is 4.90. The Morgan fingerprint density at radius 1 is 0.485 bits per heavy atom. The number of carbonyl (C=O) groups is 1. The first-order valence-electron chi connectivity index (χ1n) is 12.8. The van der Waals surface area contributed by atoms with Crippen molar-refractivity contribution in [1.29, 1.82) is 0 Å². The maximum Gasteiger partial charge on any atom is 0.305 e. The second kappa shape index (κ2) is 29.3. The highest BCUT2D eigenvalue weighted by Gasteiger charge is 2.02. The summed E-state index contributed by atoms with van der Waals surface area (Å²) >= 11 is 0. The lowest BCUT2D eigenvalue weighted by Gasteiger charge is -2.08. The molecule has 0 fully saturated rings. The van der Waals surface area contributed by atoms with Crippen molar-refractivity contribution in [1.82, 2.24) is 0 Å². The van der Waals surface area contributed by atoms with Gasteiger partial charge in [0.25, 0.3) is 0 Å². The topological polar surface area (TPSA) is 81.7 Å². The van der Waals surface area contributed by atoms with Crippen molar-refractivity contribution < 1.29 is 38.0 Å². The number of ether oxygens (including phenoxy) is 7. The summed E-state index contributed by atoms with van der Waals surface area (Å²) in [7, 11) is 1.65. The summed E-state index contributed by atoms with van der Waals surface area (Å²) in [6, 6.07) is 0. The molecular weight excluding hydrogens is 428 g/mol. The number of esters is 1. The van der Waals surface area contributed by atoms with E-state index in [0.29, 0.717) is 85.7 Å². The van der Waals surface area contributed by atoms with Gasteiger partial charge in [0, 0.05) is 13.5 Å². The van der Waals surface area contributed by atoms with Crippen LogP contribution in [0.25, 0.3) is 0 Å². The largest absolute Gasteiger partial charge is 0.463 e. The highest BCUT2D eigenvalue weighted by Crippen LogP contribution is 2.10. The summed E-state index contributed by atoms with van der Waals surface area (Å²) in [5.74, 6) is -0.127. The molecule has 0 unspecified atom stereocenters. The van der Waals surface area contributed by atoms with Crippen LogP contribution in [0, 0.1) is 0 Å². The van der Waals surface area contributed by atoms with Crippen LogP contribution in [0.3, 0.4) is 0 Å². The van der Waals surface area contributed by atoms with E-state index in [4.69, 9.17) is 33.2 Å². The van der Waals surface area contributed by atoms with Crippen molar-refractivity contribution in [3.8, 4) is 0 Å². The van der Waals surface area contributed by atoms with Crippen molar-refractivity contribution >= 4 is 5.97 Å². The Kier molecular flexibility index (Phi) is 28.6. The maximum atomic E-state index is 11.7. The number of rotatable bonds is 28. The molecule has 0 aliphatic carbocycles. The van der Waals surface area contributed by atoms with Crippen LogP contribution >= 0.6 is 0 Å². The van der Waals surface area contributed by atoms with Crippen LogP contribution in [0.15, 0.2) is 0 Å². The fourth-order valence-corrected chi connectivity index (χ4v) is 2.99. The quantitative estimate of drug-likeness (QED) is 0.122. The summed E-state index contributed by atoms with van der Waals surface area (Å²) < 4.78 is 37.0. The lowest BCUT2D eigenvalue weighted by atomic mass is 10.1. The summed E-state index contributed by atoms with van der Waals surface area (Å²) in [4.78, 5) is 11.7. The van der Waals surface area contributed by atoms with Gasteiger partial charge in [0.1, 0.15) is 6.61 Å². The van der Waals surface area contributed by atoms with E-state index >= 15 is 0 Å². The Hall–Kier alpha value is -0.770. The highest BCUT2D eigenvalue weighted by molar-refractivity contribution is 5.69. The van der Waals surface area contributed by atoms with Crippen LogP contribution in [-0.2, 0) is 38.0 Å². The molecule has 0 aliphatic heterocycles. The van der Waals surface area contributed by atoms with Crippen LogP contribution in [0.1, 0.15) is 71.1 Å². The zero-order valence-corrected chi connectivity index (χ0v) is 21.3. The van der Waals surface area contributed by atoms with Gasteiger partial charge in [-0.3, -0.25) is 4.79 Å². The molecule has 33 heavy (non-hydrogen) atoms. The average molecular weight is 479 g/mol. The van der Waals surface area contributed by atoms with Gasteiger partial charge < -0.3 is 33.2 Å². The minimum Gasteiger partial charge on any atom is -0.463 e. The second-order valence-corrected chi connectivity index (χ2v) is 7.85. The number of methoxy groups -OCH3 is 1. The highest BCUT2D eigenvalue weighted by atomic mass is 16.6. The number of carbonyl (C=O) groups excluding carboxylic acids is 1. The van der Waals surface area contributed by atoms with Gasteiger partial charge in [-0.2, -0.15) is 0 Å². The van der Waals surface area contributed by atoms with E-state index in [1.54, 1.807) is 7.11 Å². The summed E-state index contributed by atoms with van der Waals surface area (Å²) in [5.41, 5.74) is 0. The van der Waals surface area contributed by atoms with Crippen molar-refractivity contribution in [2.24, 2.45) is 0 Å². The van der Waals surface area contributed by atoms with Gasteiger partial charge in [-0.05, 0) is 6.42 Å². The van der Waals surface area contributed by atoms with Gasteiger partial charge in [-0.15, -0.1) is 0 Å². The van der Waals surface area contributed by atoms with Gasteiger partial charge in [0.15, 0.2) is 0 Å². The molecule has 8 heteroatoms. The number of hydrogen-bond donors (Lipinski definition) is 0. The molecule has 0 aromatic carbocycles. The first-order chi connectivity index (χ1) is 16.3. The van der Waals surface area contributed by atoms with Crippen molar-refractivity contribution in [2.45, 2.75) is 71.1 Å². The molecule has 0 saturated carbocycles. The molecule has 0 rings (SSSR count). The third kappa shape index (κ3) is 29.2. The zero-order chi connectivity index (χ0) is 24.1. The lowest BCUT2D eigenvalue weighted by Crippen LogP contribution is -2.15. The molecule has 0 aliphatic rings. The van der Waals surface area contributed by atoms with Crippen LogP contribution in [0.5, 0.6) is 0 Å². The molecule has 0 aromatic heterocycles. The Morgan fingerprint density at radius 3 is 1.27 bits per heavy atom. The van der Waals surface area contributed by atoms with Gasteiger partial charge in [0.05, 0.1) is 72.7 Å². The molecule has 0 radical (unpaired) electrons. The van der Waals surface area contributed by atoms with E-state index in [0.717, 1.165) is 12.8 Å². The van der Waals surface area contributed by atoms with Crippen molar-refractivity contribution in [2.75, 3.05) is 86.4 Å². The minimum absolute atomic E-state index is 0.127. The molecule has 0 bridgehead atoms. The standard InChI is InChI=1S/C25H50O8/c1-3-4-5-6-7-8-9-10-11-12-25(26)33-24-23-32-22-21-31-20-19-30-18-17-29-16-15-28-14-13-27-2/h3-24H2,1-2H3. The molecule has 0 aromatic rings. The van der Waals surface area contributed by atoms with Crippen LogP contribution in [0.2, 0.25) is 0 Å². The zero-order valence-electron chi connectivity index (χ0n) is 21.3. The lowest BCUT2D eigenvalue weighted by molar-refractivity contribution is -0.145. The summed E-state index contributed by atoms with van der Waals surface area (Å²) in [6.45, 7) is 8.30. The Labute approximate surface area is 201 Å². The molecule has 0 amide bonds. The summed E-state index contributed by atoms with van der Waals surface area (Å²) in [5, 5.41) is 0. The predicted octanol–water partition coefficient (Wildman–Crippen LogP) is 4.18. The van der Waals surface area contributed by atoms with Gasteiger partial charge in [-0.1, -0.05) is 58.3 Å². The Bertz CT molecular complexity index is 381. The monoisotopic (exact) mass is 478 g/mol. The molecule has 198 valence electrons. The third-order valence-corrected chi connectivity index (χ3v) is 4.90. The van der Waals surface area contributed by atoms with Crippen LogP contribution < -0.4 is 0 Å². The number of unbranched alkanes of at least 4 members (excludes halogenated alkanes) is 8. The van der Waals surface area contributed by atoms with E-state index in [-0.39, 0.29) is 5.97 Å². The Morgan fingerprint density at radius 2 is 0.848 bits per heavy atom. The van der Waals surface area contributed by atoms with E-state index in [9.17, 15) is 4.79 Å². The van der Waals surface area contributed by atoms with Crippen molar-refractivity contribution in [3.05, 3.63) is 0 Å². The van der Waals surface area contributed by atoms with Gasteiger partial charge in [0.2, 0.25) is 0 Å².